The Hall–Kier alpha value is -3.04. The minimum Gasteiger partial charge on any atom is -0.460 e. The zero-order valence-electron chi connectivity index (χ0n) is 12.9. The van der Waals surface area contributed by atoms with Crippen molar-refractivity contribution in [3.63, 3.8) is 0 Å². The maximum Gasteiger partial charge on any atom is 0.378 e. The lowest BCUT2D eigenvalue weighted by Crippen LogP contribution is -2.12. The lowest BCUT2D eigenvalue weighted by Gasteiger charge is -2.12. The van der Waals surface area contributed by atoms with Gasteiger partial charge in [-0.25, -0.2) is 14.8 Å². The van der Waals surface area contributed by atoms with Crippen LogP contribution in [0.2, 0.25) is 0 Å². The number of ether oxygens (including phenoxy) is 1. The molecule has 2 aromatic rings. The first kappa shape index (κ1) is 16.3. The van der Waals surface area contributed by atoms with Crippen LogP contribution < -0.4 is 5.32 Å². The number of aryl methyl sites for hydroxylation is 1. The minimum atomic E-state index is -0.637. The van der Waals surface area contributed by atoms with Gasteiger partial charge in [-0.05, 0) is 26.8 Å². The van der Waals surface area contributed by atoms with Crippen molar-refractivity contribution in [1.29, 1.82) is 0 Å². The first-order valence-corrected chi connectivity index (χ1v) is 6.90. The van der Waals surface area contributed by atoms with E-state index in [1.165, 1.54) is 6.20 Å². The van der Waals surface area contributed by atoms with E-state index < -0.39 is 16.9 Å². The summed E-state index contributed by atoms with van der Waals surface area (Å²) in [7, 11) is 0. The third-order valence-corrected chi connectivity index (χ3v) is 3.03. The molecule has 0 aliphatic heterocycles. The quantitative estimate of drug-likeness (QED) is 0.467. The molecule has 1 unspecified atom stereocenters. The van der Waals surface area contributed by atoms with E-state index in [4.69, 9.17) is 4.74 Å². The fraction of sp³-hybridized carbons (Fsp3) is 0.385. The topological polar surface area (TPSA) is 136 Å². The highest BCUT2D eigenvalue weighted by atomic mass is 16.6. The zero-order valence-corrected chi connectivity index (χ0v) is 12.9. The molecule has 0 aliphatic carbocycles. The molecule has 10 heteroatoms. The van der Waals surface area contributed by atoms with Gasteiger partial charge in [0.05, 0.1) is 17.6 Å². The highest BCUT2D eigenvalue weighted by Gasteiger charge is 2.22. The maximum atomic E-state index is 11.5. The van der Waals surface area contributed by atoms with Crippen LogP contribution in [0.1, 0.15) is 41.9 Å². The van der Waals surface area contributed by atoms with E-state index >= 15 is 0 Å². The molecule has 0 spiro atoms. The first-order valence-electron chi connectivity index (χ1n) is 6.90. The van der Waals surface area contributed by atoms with Gasteiger partial charge in [-0.2, -0.15) is 0 Å². The van der Waals surface area contributed by atoms with Crippen LogP contribution in [0.5, 0.6) is 0 Å². The van der Waals surface area contributed by atoms with Gasteiger partial charge in [0.15, 0.2) is 0 Å². The lowest BCUT2D eigenvalue weighted by molar-refractivity contribution is -0.384. The summed E-state index contributed by atoms with van der Waals surface area (Å²) in [5.41, 5.74) is 0.383. The Morgan fingerprint density at radius 2 is 2.30 bits per heavy atom. The number of anilines is 1. The predicted octanol–water partition coefficient (Wildman–Crippen LogP) is 1.77. The van der Waals surface area contributed by atoms with Crippen LogP contribution in [0.3, 0.4) is 0 Å². The molecule has 0 radical (unpaired) electrons. The largest absolute Gasteiger partial charge is 0.460 e. The van der Waals surface area contributed by atoms with Crippen molar-refractivity contribution in [3.05, 3.63) is 39.6 Å². The normalized spacial score (nSPS) is 11.8. The summed E-state index contributed by atoms with van der Waals surface area (Å²) >= 11 is 0. The number of aromatic amines is 1. The Balaban J connectivity index is 2.20. The van der Waals surface area contributed by atoms with Crippen molar-refractivity contribution < 1.29 is 14.5 Å². The Labute approximate surface area is 131 Å². The minimum absolute atomic E-state index is 0.0952. The molecular weight excluding hydrogens is 304 g/mol. The van der Waals surface area contributed by atoms with E-state index in [1.54, 1.807) is 26.8 Å². The summed E-state index contributed by atoms with van der Waals surface area (Å²) < 4.78 is 4.80. The van der Waals surface area contributed by atoms with E-state index in [2.05, 4.69) is 25.5 Å². The lowest BCUT2D eigenvalue weighted by atomic mass is 10.2. The Morgan fingerprint density at radius 3 is 2.96 bits per heavy atom. The maximum absolute atomic E-state index is 11.5. The second-order valence-corrected chi connectivity index (χ2v) is 4.71. The number of esters is 1. The predicted molar refractivity (Wildman–Crippen MR) is 80.0 cm³/mol. The van der Waals surface area contributed by atoms with Crippen molar-refractivity contribution in [3.8, 4) is 0 Å². The zero-order chi connectivity index (χ0) is 17.0. The van der Waals surface area contributed by atoms with Gasteiger partial charge >= 0.3 is 11.7 Å². The SMILES string of the molecule is CCOC(=O)c1n[nH]c(C(C)Nc2nccc(C)c2[N+](=O)[O-])n1. The number of pyridine rings is 1. The fourth-order valence-electron chi connectivity index (χ4n) is 1.91. The summed E-state index contributed by atoms with van der Waals surface area (Å²) in [4.78, 5) is 30.2. The Morgan fingerprint density at radius 1 is 1.57 bits per heavy atom. The second kappa shape index (κ2) is 6.81. The molecule has 2 heterocycles. The molecular formula is C13H16N6O4. The molecule has 122 valence electrons. The van der Waals surface area contributed by atoms with Crippen LogP contribution >= 0.6 is 0 Å². The number of hydrogen-bond donors (Lipinski definition) is 2. The molecule has 0 fully saturated rings. The first-order chi connectivity index (χ1) is 10.9. The molecule has 0 aliphatic rings. The van der Waals surface area contributed by atoms with Gasteiger partial charge in [0.25, 0.3) is 5.82 Å². The van der Waals surface area contributed by atoms with Crippen LogP contribution in [0.25, 0.3) is 0 Å². The monoisotopic (exact) mass is 320 g/mol. The third-order valence-electron chi connectivity index (χ3n) is 3.03. The number of H-pyrrole nitrogens is 1. The fourth-order valence-corrected chi connectivity index (χ4v) is 1.91. The highest BCUT2D eigenvalue weighted by Crippen LogP contribution is 2.28. The summed E-state index contributed by atoms with van der Waals surface area (Å²) in [5.74, 6) is -0.272. The average molecular weight is 320 g/mol. The van der Waals surface area contributed by atoms with Gasteiger partial charge < -0.3 is 10.1 Å². The third kappa shape index (κ3) is 3.59. The van der Waals surface area contributed by atoms with Crippen molar-refractivity contribution in [2.24, 2.45) is 0 Å². The van der Waals surface area contributed by atoms with E-state index in [9.17, 15) is 14.9 Å². The number of nitrogens with zero attached hydrogens (tertiary/aromatic N) is 4. The van der Waals surface area contributed by atoms with E-state index in [-0.39, 0.29) is 23.9 Å². The molecule has 10 nitrogen and oxygen atoms in total. The van der Waals surface area contributed by atoms with E-state index in [1.807, 2.05) is 0 Å². The average Bonchev–Trinajstić information content (AvgIpc) is 2.97. The van der Waals surface area contributed by atoms with Crippen molar-refractivity contribution in [1.82, 2.24) is 20.2 Å². The Bertz CT molecular complexity index is 729. The van der Waals surface area contributed by atoms with Crippen LogP contribution in [0.4, 0.5) is 11.5 Å². The van der Waals surface area contributed by atoms with Crippen molar-refractivity contribution in [2.45, 2.75) is 26.8 Å². The summed E-state index contributed by atoms with van der Waals surface area (Å²) in [6.07, 6.45) is 1.47. The number of hydrogen-bond acceptors (Lipinski definition) is 8. The molecule has 0 saturated carbocycles. The number of nitrogens with one attached hydrogen (secondary N) is 2. The second-order valence-electron chi connectivity index (χ2n) is 4.71. The molecule has 23 heavy (non-hydrogen) atoms. The van der Waals surface area contributed by atoms with Gasteiger partial charge in [0.1, 0.15) is 5.82 Å². The standard InChI is InChI=1S/C13H16N6O4/c1-4-23-13(20)12-16-10(17-18-12)8(3)15-11-9(19(21)22)7(2)5-6-14-11/h5-6,8H,4H2,1-3H3,(H,14,15)(H,16,17,18). The number of aromatic nitrogens is 4. The van der Waals surface area contributed by atoms with Gasteiger partial charge in [-0.15, -0.1) is 5.10 Å². The van der Waals surface area contributed by atoms with Crippen LogP contribution in [0.15, 0.2) is 12.3 Å². The summed E-state index contributed by atoms with van der Waals surface area (Å²) in [6.45, 7) is 5.24. The van der Waals surface area contributed by atoms with Gasteiger partial charge in [-0.1, -0.05) is 0 Å². The molecule has 1 atom stereocenters. The molecule has 2 aromatic heterocycles. The number of carbonyl (C=O) groups is 1. The van der Waals surface area contributed by atoms with Crippen LogP contribution in [0, 0.1) is 17.0 Å². The Kier molecular flexibility index (Phi) is 4.84. The van der Waals surface area contributed by atoms with Gasteiger partial charge in [-0.3, -0.25) is 15.2 Å². The number of carbonyl (C=O) groups excluding carboxylic acids is 1. The number of rotatable bonds is 6. The van der Waals surface area contributed by atoms with Crippen molar-refractivity contribution >= 4 is 17.5 Å². The van der Waals surface area contributed by atoms with Crippen LogP contribution in [-0.4, -0.2) is 37.7 Å². The molecule has 0 bridgehead atoms. The summed E-state index contributed by atoms with van der Waals surface area (Å²) in [6, 6.07) is 1.08. The van der Waals surface area contributed by atoms with E-state index in [0.717, 1.165) is 0 Å². The van der Waals surface area contributed by atoms with Gasteiger partial charge in [0.2, 0.25) is 5.82 Å². The smallest absolute Gasteiger partial charge is 0.378 e. The van der Waals surface area contributed by atoms with Crippen molar-refractivity contribution in [2.75, 3.05) is 11.9 Å². The highest BCUT2D eigenvalue weighted by molar-refractivity contribution is 5.84. The van der Waals surface area contributed by atoms with Gasteiger partial charge in [0, 0.05) is 11.8 Å². The molecule has 2 N–H and O–H groups in total. The van der Waals surface area contributed by atoms with E-state index in [0.29, 0.717) is 11.4 Å². The molecule has 0 amide bonds. The molecule has 0 aromatic carbocycles. The van der Waals surface area contributed by atoms with Crippen LogP contribution in [-0.2, 0) is 4.74 Å². The summed E-state index contributed by atoms with van der Waals surface area (Å²) in [5, 5.41) is 20.4. The molecule has 2 rings (SSSR count). The molecule has 0 saturated heterocycles. The number of nitro groups is 1.